The van der Waals surface area contributed by atoms with E-state index in [1.165, 1.54) is 0 Å². The predicted molar refractivity (Wildman–Crippen MR) is 68.8 cm³/mol. The molecule has 2 aromatic heterocycles. The number of nitrogens with zero attached hydrogens (tertiary/aromatic N) is 3. The normalized spacial score (nSPS) is 11.2. The van der Waals surface area contributed by atoms with E-state index in [0.717, 1.165) is 11.8 Å². The molecule has 2 heterocycles. The summed E-state index contributed by atoms with van der Waals surface area (Å²) in [5, 5.41) is 3.78. The monoisotopic (exact) mass is 296 g/mol. The molecule has 9 heteroatoms. The molecule has 0 saturated heterocycles. The van der Waals surface area contributed by atoms with E-state index in [2.05, 4.69) is 15.1 Å². The third-order valence-electron chi connectivity index (χ3n) is 2.27. The highest BCUT2D eigenvalue weighted by Crippen LogP contribution is 2.14. The van der Waals surface area contributed by atoms with E-state index in [-0.39, 0.29) is 18.7 Å². The van der Waals surface area contributed by atoms with E-state index >= 15 is 0 Å². The van der Waals surface area contributed by atoms with Gasteiger partial charge in [-0.1, -0.05) is 5.16 Å². The topological polar surface area (TPSA) is 115 Å². The van der Waals surface area contributed by atoms with Crippen LogP contribution in [0.4, 0.5) is 0 Å². The van der Waals surface area contributed by atoms with Crippen LogP contribution in [0.25, 0.3) is 11.4 Å². The third-order valence-corrected chi connectivity index (χ3v) is 2.87. The van der Waals surface area contributed by atoms with Gasteiger partial charge in [-0.15, -0.1) is 0 Å². The second kappa shape index (κ2) is 5.78. The van der Waals surface area contributed by atoms with E-state index < -0.39 is 15.9 Å². The van der Waals surface area contributed by atoms with Gasteiger partial charge in [0.1, 0.15) is 0 Å². The van der Waals surface area contributed by atoms with Crippen LogP contribution in [0.1, 0.15) is 12.3 Å². The van der Waals surface area contributed by atoms with Gasteiger partial charge in [-0.2, -0.15) is 4.98 Å². The Morgan fingerprint density at radius 3 is 2.70 bits per heavy atom. The molecular weight excluding hydrogens is 284 g/mol. The van der Waals surface area contributed by atoms with Gasteiger partial charge >= 0.3 is 0 Å². The van der Waals surface area contributed by atoms with E-state index in [1.807, 2.05) is 4.72 Å². The molecule has 0 saturated carbocycles. The van der Waals surface area contributed by atoms with E-state index in [0.29, 0.717) is 5.82 Å². The van der Waals surface area contributed by atoms with Crippen LogP contribution in [0.3, 0.4) is 0 Å². The molecule has 0 aliphatic heterocycles. The van der Waals surface area contributed by atoms with E-state index in [1.54, 1.807) is 24.5 Å². The Hall–Kier alpha value is -2.29. The molecule has 2 aromatic rings. The zero-order valence-corrected chi connectivity index (χ0v) is 11.4. The summed E-state index contributed by atoms with van der Waals surface area (Å²) < 4.78 is 28.6. The minimum atomic E-state index is -3.54. The molecule has 0 unspecified atom stereocenters. The van der Waals surface area contributed by atoms with Gasteiger partial charge in [0.05, 0.1) is 6.26 Å². The highest BCUT2D eigenvalue weighted by atomic mass is 32.2. The Kier molecular flexibility index (Phi) is 4.08. The van der Waals surface area contributed by atoms with E-state index in [9.17, 15) is 13.2 Å². The Balaban J connectivity index is 1.96. The lowest BCUT2D eigenvalue weighted by atomic mass is 10.2. The molecule has 8 nitrogen and oxygen atoms in total. The van der Waals surface area contributed by atoms with Gasteiger partial charge in [0.25, 0.3) is 0 Å². The second-order valence-corrected chi connectivity index (χ2v) is 5.79. The summed E-state index contributed by atoms with van der Waals surface area (Å²) in [6, 6.07) is 3.45. The number of carbonyl (C=O) groups is 1. The molecule has 0 aliphatic carbocycles. The van der Waals surface area contributed by atoms with Gasteiger partial charge in [-0.3, -0.25) is 14.5 Å². The number of amides is 1. The number of hydrogen-bond donors (Lipinski definition) is 1. The van der Waals surface area contributed by atoms with Crippen LogP contribution >= 0.6 is 0 Å². The number of hydrogen-bond acceptors (Lipinski definition) is 7. The molecule has 0 atom stereocenters. The quantitative estimate of drug-likeness (QED) is 0.834. The van der Waals surface area contributed by atoms with Crippen LogP contribution < -0.4 is 4.72 Å². The number of aryl methyl sites for hydroxylation is 1. The highest BCUT2D eigenvalue weighted by molar-refractivity contribution is 7.89. The first-order valence-corrected chi connectivity index (χ1v) is 7.57. The van der Waals surface area contributed by atoms with Gasteiger partial charge < -0.3 is 4.52 Å². The standard InChI is InChI=1S/C11H12N4O4S/c1-20(17,18)15-9(16)2-3-10-13-11(14-19-10)8-4-6-12-7-5-8/h4-7H,2-3H2,1H3,(H,15,16). The maximum atomic E-state index is 11.3. The summed E-state index contributed by atoms with van der Waals surface area (Å²) in [5.41, 5.74) is 0.746. The van der Waals surface area contributed by atoms with Crippen LogP contribution in [-0.2, 0) is 21.2 Å². The van der Waals surface area contributed by atoms with Crippen molar-refractivity contribution in [2.24, 2.45) is 0 Å². The van der Waals surface area contributed by atoms with Crippen molar-refractivity contribution in [3.05, 3.63) is 30.4 Å². The summed E-state index contributed by atoms with van der Waals surface area (Å²) in [5.74, 6) is 0.0440. The Labute approximate surface area is 115 Å². The number of rotatable bonds is 5. The molecular formula is C11H12N4O4S. The molecule has 1 amide bonds. The first-order valence-electron chi connectivity index (χ1n) is 5.67. The molecule has 0 bridgehead atoms. The first kappa shape index (κ1) is 14.1. The minimum Gasteiger partial charge on any atom is -0.339 e. The predicted octanol–water partition coefficient (Wildman–Crippen LogP) is 0.140. The average Bonchev–Trinajstić information content (AvgIpc) is 2.84. The third kappa shape index (κ3) is 4.12. The summed E-state index contributed by atoms with van der Waals surface area (Å²) in [7, 11) is -3.54. The van der Waals surface area contributed by atoms with Crippen LogP contribution in [-0.4, -0.2) is 35.7 Å². The molecule has 0 fully saturated rings. The van der Waals surface area contributed by atoms with Gasteiger partial charge in [-0.05, 0) is 12.1 Å². The summed E-state index contributed by atoms with van der Waals surface area (Å²) in [6.07, 6.45) is 4.24. The zero-order chi connectivity index (χ0) is 14.6. The number of carbonyl (C=O) groups excluding carboxylic acids is 1. The summed E-state index contributed by atoms with van der Waals surface area (Å²) in [4.78, 5) is 19.3. The summed E-state index contributed by atoms with van der Waals surface area (Å²) in [6.45, 7) is 0. The molecule has 0 aliphatic rings. The molecule has 0 radical (unpaired) electrons. The fourth-order valence-electron chi connectivity index (χ4n) is 1.45. The van der Waals surface area contributed by atoms with Gasteiger partial charge in [0.2, 0.25) is 27.6 Å². The van der Waals surface area contributed by atoms with Gasteiger partial charge in [0.15, 0.2) is 0 Å². The van der Waals surface area contributed by atoms with E-state index in [4.69, 9.17) is 4.52 Å². The largest absolute Gasteiger partial charge is 0.339 e. The Morgan fingerprint density at radius 1 is 1.35 bits per heavy atom. The maximum absolute atomic E-state index is 11.3. The smallest absolute Gasteiger partial charge is 0.233 e. The summed E-state index contributed by atoms with van der Waals surface area (Å²) >= 11 is 0. The number of pyridine rings is 1. The zero-order valence-electron chi connectivity index (χ0n) is 10.6. The Morgan fingerprint density at radius 2 is 2.05 bits per heavy atom. The minimum absolute atomic E-state index is 0.0505. The number of aromatic nitrogens is 3. The van der Waals surface area contributed by atoms with Crippen LogP contribution in [0.2, 0.25) is 0 Å². The lowest BCUT2D eigenvalue weighted by molar-refractivity contribution is -0.119. The van der Waals surface area contributed by atoms with Crippen molar-refractivity contribution in [2.45, 2.75) is 12.8 Å². The molecule has 2 rings (SSSR count). The second-order valence-electron chi connectivity index (χ2n) is 4.05. The molecule has 0 aromatic carbocycles. The van der Waals surface area contributed by atoms with Gasteiger partial charge in [-0.25, -0.2) is 8.42 Å². The highest BCUT2D eigenvalue weighted by Gasteiger charge is 2.12. The van der Waals surface area contributed by atoms with Crippen molar-refractivity contribution in [1.82, 2.24) is 19.8 Å². The maximum Gasteiger partial charge on any atom is 0.233 e. The van der Waals surface area contributed by atoms with Crippen molar-refractivity contribution in [1.29, 1.82) is 0 Å². The van der Waals surface area contributed by atoms with Crippen molar-refractivity contribution >= 4 is 15.9 Å². The lowest BCUT2D eigenvalue weighted by Crippen LogP contribution is -2.29. The molecule has 1 N–H and O–H groups in total. The average molecular weight is 296 g/mol. The molecule has 0 spiro atoms. The lowest BCUT2D eigenvalue weighted by Gasteiger charge is -1.99. The SMILES string of the molecule is CS(=O)(=O)NC(=O)CCc1nc(-c2ccncc2)no1. The van der Waals surface area contributed by atoms with Crippen LogP contribution in [0.5, 0.6) is 0 Å². The van der Waals surface area contributed by atoms with Crippen LogP contribution in [0, 0.1) is 0 Å². The number of sulfonamides is 1. The molecule has 106 valence electrons. The van der Waals surface area contributed by atoms with Gasteiger partial charge in [0, 0.05) is 30.8 Å². The Bertz CT molecular complexity index is 696. The van der Waals surface area contributed by atoms with Crippen molar-refractivity contribution in [3.8, 4) is 11.4 Å². The number of nitrogens with one attached hydrogen (secondary N) is 1. The first-order chi connectivity index (χ1) is 9.44. The molecule has 20 heavy (non-hydrogen) atoms. The van der Waals surface area contributed by atoms with Crippen molar-refractivity contribution in [2.75, 3.05) is 6.26 Å². The fraction of sp³-hybridized carbons (Fsp3) is 0.273. The fourth-order valence-corrected chi connectivity index (χ4v) is 1.97. The van der Waals surface area contributed by atoms with Crippen LogP contribution in [0.15, 0.2) is 29.0 Å². The van der Waals surface area contributed by atoms with Crippen molar-refractivity contribution in [3.63, 3.8) is 0 Å². The van der Waals surface area contributed by atoms with Crippen molar-refractivity contribution < 1.29 is 17.7 Å².